The Morgan fingerprint density at radius 3 is 1.59 bits per heavy atom. The highest BCUT2D eigenvalue weighted by molar-refractivity contribution is 7.85. The van der Waals surface area contributed by atoms with Gasteiger partial charge in [0.2, 0.25) is 5.91 Å². The van der Waals surface area contributed by atoms with Crippen molar-refractivity contribution in [2.75, 3.05) is 5.75 Å². The van der Waals surface area contributed by atoms with E-state index in [1.165, 1.54) is 76.7 Å². The van der Waals surface area contributed by atoms with Crippen LogP contribution in [0.2, 0.25) is 0 Å². The summed E-state index contributed by atoms with van der Waals surface area (Å²) in [6.07, 6.45) is 32.7. The smallest absolute Gasteiger partial charge is 0.267 e. The highest BCUT2D eigenvalue weighted by atomic mass is 32.2. The summed E-state index contributed by atoms with van der Waals surface area (Å²) in [5, 5.41) is 13.1. The van der Waals surface area contributed by atoms with Gasteiger partial charge in [-0.2, -0.15) is 8.42 Å². The highest BCUT2D eigenvalue weighted by Crippen LogP contribution is 2.13. The van der Waals surface area contributed by atoms with E-state index < -0.39 is 28.0 Å². The zero-order valence-electron chi connectivity index (χ0n) is 25.0. The van der Waals surface area contributed by atoms with Crippen molar-refractivity contribution in [3.63, 3.8) is 0 Å². The van der Waals surface area contributed by atoms with Crippen LogP contribution in [0.1, 0.15) is 142 Å². The Bertz CT molecular complexity index is 761. The van der Waals surface area contributed by atoms with E-state index in [1.54, 1.807) is 6.08 Å². The second-order valence-electron chi connectivity index (χ2n) is 10.7. The lowest BCUT2D eigenvalue weighted by atomic mass is 10.0. The van der Waals surface area contributed by atoms with Crippen LogP contribution >= 0.6 is 0 Å². The van der Waals surface area contributed by atoms with Crippen LogP contribution in [-0.2, 0) is 14.9 Å². The van der Waals surface area contributed by atoms with Crippen LogP contribution in [0.25, 0.3) is 0 Å². The molecule has 0 aromatic heterocycles. The zero-order chi connectivity index (χ0) is 29.0. The molecule has 0 radical (unpaired) electrons. The summed E-state index contributed by atoms with van der Waals surface area (Å²) in [6.45, 7) is 4.43. The molecule has 0 fully saturated rings. The Kier molecular flexibility index (Phi) is 25.8. The van der Waals surface area contributed by atoms with Crippen LogP contribution in [0, 0.1) is 0 Å². The molecule has 0 saturated carbocycles. The van der Waals surface area contributed by atoms with Crippen LogP contribution in [0.4, 0.5) is 0 Å². The van der Waals surface area contributed by atoms with E-state index in [9.17, 15) is 22.9 Å². The molecule has 0 aromatic rings. The Morgan fingerprint density at radius 2 is 1.10 bits per heavy atom. The summed E-state index contributed by atoms with van der Waals surface area (Å²) in [6, 6.07) is -1.07. The van der Waals surface area contributed by atoms with E-state index in [4.69, 9.17) is 0 Å². The number of nitrogens with one attached hydrogen (secondary N) is 1. The Balaban J connectivity index is 4.16. The first kappa shape index (κ1) is 37.6. The zero-order valence-corrected chi connectivity index (χ0v) is 25.8. The van der Waals surface area contributed by atoms with Gasteiger partial charge in [-0.25, -0.2) is 0 Å². The molecule has 1 amide bonds. The van der Waals surface area contributed by atoms with Crippen molar-refractivity contribution < 1.29 is 22.9 Å². The molecule has 228 valence electrons. The van der Waals surface area contributed by atoms with Crippen LogP contribution in [0.5, 0.6) is 0 Å². The first-order valence-corrected chi connectivity index (χ1v) is 17.3. The van der Waals surface area contributed by atoms with E-state index in [2.05, 4.69) is 43.5 Å². The van der Waals surface area contributed by atoms with Crippen molar-refractivity contribution in [2.24, 2.45) is 0 Å². The quantitative estimate of drug-likeness (QED) is 0.0525. The molecule has 0 aromatic carbocycles. The number of hydrogen-bond acceptors (Lipinski definition) is 4. The van der Waals surface area contributed by atoms with Gasteiger partial charge >= 0.3 is 0 Å². The summed E-state index contributed by atoms with van der Waals surface area (Å²) in [7, 11) is -4.34. The van der Waals surface area contributed by atoms with Gasteiger partial charge in [0, 0.05) is 6.42 Å². The van der Waals surface area contributed by atoms with Crippen molar-refractivity contribution >= 4 is 16.0 Å². The SMILES string of the molecule is CCCC/C=C/CC/C=C/CC/C=C/C(O)C(CS(=O)(=O)O)NC(=O)CCCCCCCCCCCCCC. The van der Waals surface area contributed by atoms with Gasteiger partial charge in [0.15, 0.2) is 0 Å². The Hall–Kier alpha value is -1.44. The molecule has 2 unspecified atom stereocenters. The summed E-state index contributed by atoms with van der Waals surface area (Å²) >= 11 is 0. The fraction of sp³-hybridized carbons (Fsp3) is 0.781. The molecule has 0 heterocycles. The number of rotatable bonds is 27. The molecule has 0 aliphatic rings. The van der Waals surface area contributed by atoms with E-state index in [-0.39, 0.29) is 12.3 Å². The lowest BCUT2D eigenvalue weighted by Crippen LogP contribution is -2.46. The van der Waals surface area contributed by atoms with Gasteiger partial charge in [-0.1, -0.05) is 134 Å². The second kappa shape index (κ2) is 26.8. The molecule has 3 N–H and O–H groups in total. The number of aliphatic hydroxyl groups excluding tert-OH is 1. The van der Waals surface area contributed by atoms with E-state index in [0.29, 0.717) is 6.42 Å². The molecule has 0 aliphatic carbocycles. The van der Waals surface area contributed by atoms with Crippen molar-refractivity contribution in [2.45, 2.75) is 154 Å². The number of amides is 1. The minimum atomic E-state index is -4.34. The van der Waals surface area contributed by atoms with Crippen molar-refractivity contribution in [3.05, 3.63) is 36.5 Å². The number of aliphatic hydroxyl groups is 1. The third-order valence-electron chi connectivity index (χ3n) is 6.80. The molecular weight excluding hydrogens is 510 g/mol. The van der Waals surface area contributed by atoms with Gasteiger partial charge in [0.25, 0.3) is 10.1 Å². The minimum absolute atomic E-state index is 0.286. The van der Waals surface area contributed by atoms with Crippen LogP contribution in [-0.4, -0.2) is 41.9 Å². The number of unbranched alkanes of at least 4 members (excludes halogenated alkanes) is 15. The maximum absolute atomic E-state index is 12.4. The summed E-state index contributed by atoms with van der Waals surface area (Å²) in [4.78, 5) is 12.4. The van der Waals surface area contributed by atoms with Gasteiger partial charge in [0.1, 0.15) is 0 Å². The average Bonchev–Trinajstić information content (AvgIpc) is 2.88. The highest BCUT2D eigenvalue weighted by Gasteiger charge is 2.24. The monoisotopic (exact) mass is 569 g/mol. The van der Waals surface area contributed by atoms with Crippen molar-refractivity contribution in [1.29, 1.82) is 0 Å². The molecular formula is C32H59NO5S. The molecule has 39 heavy (non-hydrogen) atoms. The molecule has 6 nitrogen and oxygen atoms in total. The van der Waals surface area contributed by atoms with Crippen LogP contribution in [0.3, 0.4) is 0 Å². The van der Waals surface area contributed by atoms with Gasteiger partial charge < -0.3 is 10.4 Å². The fourth-order valence-electron chi connectivity index (χ4n) is 4.41. The number of allylic oxidation sites excluding steroid dienone is 5. The molecule has 0 saturated heterocycles. The van der Waals surface area contributed by atoms with Gasteiger partial charge in [-0.3, -0.25) is 9.35 Å². The lowest BCUT2D eigenvalue weighted by molar-refractivity contribution is -0.122. The average molecular weight is 570 g/mol. The fourth-order valence-corrected chi connectivity index (χ4v) is 5.14. The molecule has 0 bridgehead atoms. The van der Waals surface area contributed by atoms with E-state index in [0.717, 1.165) is 44.9 Å². The van der Waals surface area contributed by atoms with Crippen LogP contribution < -0.4 is 5.32 Å². The third kappa shape index (κ3) is 27.9. The van der Waals surface area contributed by atoms with Crippen molar-refractivity contribution in [1.82, 2.24) is 5.32 Å². The molecule has 0 spiro atoms. The second-order valence-corrected chi connectivity index (χ2v) is 12.2. The maximum Gasteiger partial charge on any atom is 0.267 e. The molecule has 0 rings (SSSR count). The predicted molar refractivity (Wildman–Crippen MR) is 165 cm³/mol. The maximum atomic E-state index is 12.4. The standard InChI is InChI=1S/C32H59NO5S/c1-3-5-7-9-11-13-15-17-19-21-23-25-27-31(34)30(29-39(36,37)38)33-32(35)28-26-24-22-20-18-16-14-12-10-8-6-4-2/h9,11,17,19,25,27,30-31,34H,3-8,10,12-16,18,20-24,26,28-29H2,1-2H3,(H,33,35)(H,36,37,38)/b11-9+,19-17+,27-25+. The van der Waals surface area contributed by atoms with E-state index >= 15 is 0 Å². The summed E-state index contributed by atoms with van der Waals surface area (Å²) in [5.74, 6) is -1.01. The Labute approximate surface area is 240 Å². The van der Waals surface area contributed by atoms with Gasteiger partial charge in [-0.15, -0.1) is 0 Å². The first-order valence-electron chi connectivity index (χ1n) is 15.7. The Morgan fingerprint density at radius 1 is 0.667 bits per heavy atom. The largest absolute Gasteiger partial charge is 0.387 e. The number of carbonyl (C=O) groups is 1. The van der Waals surface area contributed by atoms with Crippen LogP contribution in [0.15, 0.2) is 36.5 Å². The summed E-state index contributed by atoms with van der Waals surface area (Å²) in [5.41, 5.74) is 0. The predicted octanol–water partition coefficient (Wildman–Crippen LogP) is 8.23. The van der Waals surface area contributed by atoms with E-state index in [1.807, 2.05) is 0 Å². The van der Waals surface area contributed by atoms with Gasteiger partial charge in [-0.05, 0) is 38.5 Å². The first-order chi connectivity index (χ1) is 18.8. The number of carbonyl (C=O) groups excluding carboxylic acids is 1. The number of hydrogen-bond donors (Lipinski definition) is 3. The molecule has 0 aliphatic heterocycles. The minimum Gasteiger partial charge on any atom is -0.387 e. The van der Waals surface area contributed by atoms with Gasteiger partial charge in [0.05, 0.1) is 17.9 Å². The van der Waals surface area contributed by atoms with Crippen molar-refractivity contribution in [3.8, 4) is 0 Å². The normalized spacial score (nSPS) is 14.1. The third-order valence-corrected chi connectivity index (χ3v) is 7.58. The lowest BCUT2D eigenvalue weighted by Gasteiger charge is -2.21. The summed E-state index contributed by atoms with van der Waals surface area (Å²) < 4.78 is 32.1. The molecule has 2 atom stereocenters. The topological polar surface area (TPSA) is 104 Å². The molecule has 7 heteroatoms.